The van der Waals surface area contributed by atoms with Crippen LogP contribution in [0.4, 0.5) is 0 Å². The van der Waals surface area contributed by atoms with Gasteiger partial charge in [-0.15, -0.1) is 11.3 Å². The number of aromatic carboxylic acids is 1. The molecule has 100 valence electrons. The summed E-state index contributed by atoms with van der Waals surface area (Å²) in [4.78, 5) is 14.5. The number of nitrogens with zero attached hydrogens (tertiary/aromatic N) is 1. The van der Waals surface area contributed by atoms with Crippen molar-refractivity contribution in [2.45, 2.75) is 10.8 Å². The predicted molar refractivity (Wildman–Crippen MR) is 69.5 cm³/mol. The van der Waals surface area contributed by atoms with Crippen molar-refractivity contribution in [2.75, 3.05) is 0 Å². The molecule has 2 aromatic rings. The molecule has 0 saturated heterocycles. The number of rotatable bonds is 5. The monoisotopic (exact) mass is 298 g/mol. The van der Waals surface area contributed by atoms with Crippen molar-refractivity contribution in [3.63, 3.8) is 0 Å². The van der Waals surface area contributed by atoms with E-state index in [2.05, 4.69) is 9.71 Å². The van der Waals surface area contributed by atoms with E-state index in [1.54, 1.807) is 24.5 Å². The number of hydrogen-bond acceptors (Lipinski definition) is 5. The number of hydrogen-bond donors (Lipinski definition) is 2. The first-order valence-electron chi connectivity index (χ1n) is 5.21. The molecule has 0 aliphatic carbocycles. The maximum absolute atomic E-state index is 11.9. The first kappa shape index (κ1) is 13.7. The molecule has 2 N–H and O–H groups in total. The summed E-state index contributed by atoms with van der Waals surface area (Å²) in [5.41, 5.74) is 0.772. The van der Waals surface area contributed by atoms with Crippen molar-refractivity contribution in [3.05, 3.63) is 47.1 Å². The summed E-state index contributed by atoms with van der Waals surface area (Å²) < 4.78 is 26.3. The molecule has 0 amide bonds. The fraction of sp³-hybridized carbons (Fsp3) is 0.0909. The summed E-state index contributed by atoms with van der Waals surface area (Å²) in [6, 6.07) is 5.94. The van der Waals surface area contributed by atoms with Crippen molar-refractivity contribution in [1.29, 1.82) is 0 Å². The van der Waals surface area contributed by atoms with Crippen LogP contribution >= 0.6 is 11.3 Å². The van der Waals surface area contributed by atoms with Gasteiger partial charge in [0.05, 0.1) is 0 Å². The van der Waals surface area contributed by atoms with Crippen LogP contribution in [0.15, 0.2) is 40.9 Å². The molecule has 8 heteroatoms. The molecule has 0 aliphatic rings. The molecule has 0 radical (unpaired) electrons. The zero-order chi connectivity index (χ0) is 13.9. The second-order valence-corrected chi connectivity index (χ2v) is 6.68. The lowest BCUT2D eigenvalue weighted by Gasteiger charge is -2.04. The van der Waals surface area contributed by atoms with Gasteiger partial charge in [0.25, 0.3) is 0 Å². The number of aromatic nitrogens is 1. The standard InChI is InChI=1S/C11H10N2O4S2/c14-11(15)9-1-2-10(18-9)19(16,17)13-7-8-3-5-12-6-4-8/h1-6,13H,7H2,(H,14,15). The molecule has 19 heavy (non-hydrogen) atoms. The Bertz CT molecular complexity index is 680. The van der Waals surface area contributed by atoms with Crippen LogP contribution in [-0.4, -0.2) is 24.5 Å². The molecule has 0 aliphatic heterocycles. The number of sulfonamides is 1. The molecular formula is C11H10N2O4S2. The maximum Gasteiger partial charge on any atom is 0.345 e. The topological polar surface area (TPSA) is 96.4 Å². The Kier molecular flexibility index (Phi) is 3.93. The Morgan fingerprint density at radius 3 is 2.53 bits per heavy atom. The molecule has 2 aromatic heterocycles. The van der Waals surface area contributed by atoms with Gasteiger partial charge in [-0.05, 0) is 29.8 Å². The molecule has 2 heterocycles. The first-order chi connectivity index (χ1) is 8.99. The molecule has 0 atom stereocenters. The SMILES string of the molecule is O=C(O)c1ccc(S(=O)(=O)NCc2ccncc2)s1. The molecule has 0 unspecified atom stereocenters. The largest absolute Gasteiger partial charge is 0.477 e. The minimum atomic E-state index is -3.69. The fourth-order valence-electron chi connectivity index (χ4n) is 1.33. The van der Waals surface area contributed by atoms with Gasteiger partial charge in [-0.2, -0.15) is 0 Å². The average molecular weight is 298 g/mol. The van der Waals surface area contributed by atoms with Crippen LogP contribution in [0.1, 0.15) is 15.2 Å². The highest BCUT2D eigenvalue weighted by molar-refractivity contribution is 7.91. The average Bonchev–Trinajstić information content (AvgIpc) is 2.88. The van der Waals surface area contributed by atoms with Crippen LogP contribution in [0.3, 0.4) is 0 Å². The second kappa shape index (κ2) is 5.47. The second-order valence-electron chi connectivity index (χ2n) is 3.60. The number of carboxylic acids is 1. The van der Waals surface area contributed by atoms with Gasteiger partial charge in [-0.3, -0.25) is 4.98 Å². The number of pyridine rings is 1. The van der Waals surface area contributed by atoms with Crippen molar-refractivity contribution in [2.24, 2.45) is 0 Å². The van der Waals surface area contributed by atoms with Crippen LogP contribution in [0.25, 0.3) is 0 Å². The van der Waals surface area contributed by atoms with Gasteiger partial charge in [-0.25, -0.2) is 17.9 Å². The molecule has 6 nitrogen and oxygen atoms in total. The van der Waals surface area contributed by atoms with E-state index in [-0.39, 0.29) is 15.6 Å². The molecular weight excluding hydrogens is 288 g/mol. The Morgan fingerprint density at radius 2 is 1.95 bits per heavy atom. The Morgan fingerprint density at radius 1 is 1.26 bits per heavy atom. The van der Waals surface area contributed by atoms with Gasteiger partial charge in [0, 0.05) is 18.9 Å². The van der Waals surface area contributed by atoms with E-state index in [1.807, 2.05) is 0 Å². The Labute approximate surface area is 113 Å². The van der Waals surface area contributed by atoms with Crippen LogP contribution in [0, 0.1) is 0 Å². The van der Waals surface area contributed by atoms with Crippen LogP contribution in [0.2, 0.25) is 0 Å². The summed E-state index contributed by atoms with van der Waals surface area (Å²) >= 11 is 0.721. The summed E-state index contributed by atoms with van der Waals surface area (Å²) in [6.07, 6.45) is 3.13. The molecule has 0 spiro atoms. The van der Waals surface area contributed by atoms with Crippen molar-refractivity contribution in [1.82, 2.24) is 9.71 Å². The highest BCUT2D eigenvalue weighted by atomic mass is 32.2. The van der Waals surface area contributed by atoms with E-state index < -0.39 is 16.0 Å². The van der Waals surface area contributed by atoms with E-state index >= 15 is 0 Å². The summed E-state index contributed by atoms with van der Waals surface area (Å²) in [7, 11) is -3.69. The quantitative estimate of drug-likeness (QED) is 0.867. The fourth-order valence-corrected chi connectivity index (χ4v) is 3.54. The van der Waals surface area contributed by atoms with E-state index in [0.717, 1.165) is 16.9 Å². The smallest absolute Gasteiger partial charge is 0.345 e. The Hall–Kier alpha value is -1.77. The number of carboxylic acid groups (broad SMARTS) is 1. The first-order valence-corrected chi connectivity index (χ1v) is 7.51. The van der Waals surface area contributed by atoms with Crippen molar-refractivity contribution < 1.29 is 18.3 Å². The highest BCUT2D eigenvalue weighted by Crippen LogP contribution is 2.21. The van der Waals surface area contributed by atoms with E-state index in [9.17, 15) is 13.2 Å². The highest BCUT2D eigenvalue weighted by Gasteiger charge is 2.18. The predicted octanol–water partition coefficient (Wildman–Crippen LogP) is 1.32. The summed E-state index contributed by atoms with van der Waals surface area (Å²) in [5.74, 6) is -1.14. The third-order valence-electron chi connectivity index (χ3n) is 2.27. The lowest BCUT2D eigenvalue weighted by molar-refractivity contribution is 0.0702. The third kappa shape index (κ3) is 3.37. The molecule has 0 saturated carbocycles. The zero-order valence-electron chi connectivity index (χ0n) is 9.61. The van der Waals surface area contributed by atoms with Gasteiger partial charge in [0.15, 0.2) is 0 Å². The third-order valence-corrected chi connectivity index (χ3v) is 5.24. The van der Waals surface area contributed by atoms with E-state index in [1.165, 1.54) is 12.1 Å². The van der Waals surface area contributed by atoms with Gasteiger partial charge in [0.1, 0.15) is 9.09 Å². The normalized spacial score (nSPS) is 11.4. The lowest BCUT2D eigenvalue weighted by atomic mass is 10.3. The van der Waals surface area contributed by atoms with Gasteiger partial charge < -0.3 is 5.11 Å². The van der Waals surface area contributed by atoms with Crippen LogP contribution in [0.5, 0.6) is 0 Å². The van der Waals surface area contributed by atoms with Crippen LogP contribution < -0.4 is 4.72 Å². The number of nitrogens with one attached hydrogen (secondary N) is 1. The van der Waals surface area contributed by atoms with Gasteiger partial charge in [0.2, 0.25) is 10.0 Å². The minimum Gasteiger partial charge on any atom is -0.477 e. The lowest BCUT2D eigenvalue weighted by Crippen LogP contribution is -2.22. The zero-order valence-corrected chi connectivity index (χ0v) is 11.2. The summed E-state index contributed by atoms with van der Waals surface area (Å²) in [5, 5.41) is 8.76. The number of carbonyl (C=O) groups is 1. The molecule has 0 fully saturated rings. The summed E-state index contributed by atoms with van der Waals surface area (Å²) in [6.45, 7) is 0.130. The Balaban J connectivity index is 2.12. The van der Waals surface area contributed by atoms with Gasteiger partial charge in [-0.1, -0.05) is 0 Å². The molecule has 2 rings (SSSR count). The van der Waals surface area contributed by atoms with Crippen LogP contribution in [-0.2, 0) is 16.6 Å². The van der Waals surface area contributed by atoms with Crippen molar-refractivity contribution >= 4 is 27.3 Å². The minimum absolute atomic E-state index is 0.00992. The van der Waals surface area contributed by atoms with E-state index in [0.29, 0.717) is 0 Å². The molecule has 0 bridgehead atoms. The van der Waals surface area contributed by atoms with Gasteiger partial charge >= 0.3 is 5.97 Å². The maximum atomic E-state index is 11.9. The number of thiophene rings is 1. The molecule has 0 aromatic carbocycles. The van der Waals surface area contributed by atoms with Crippen molar-refractivity contribution in [3.8, 4) is 0 Å². The van der Waals surface area contributed by atoms with E-state index in [4.69, 9.17) is 5.11 Å².